The Hall–Kier alpha value is -2.90. The van der Waals surface area contributed by atoms with E-state index in [0.717, 1.165) is 5.56 Å². The van der Waals surface area contributed by atoms with E-state index in [4.69, 9.17) is 21.1 Å². The highest BCUT2D eigenvalue weighted by molar-refractivity contribution is 7.14. The summed E-state index contributed by atoms with van der Waals surface area (Å²) in [5.41, 5.74) is 2.00. The highest BCUT2D eigenvalue weighted by Crippen LogP contribution is 2.32. The summed E-state index contributed by atoms with van der Waals surface area (Å²) in [4.78, 5) is 29.0. The Kier molecular flexibility index (Phi) is 5.78. The zero-order chi connectivity index (χ0) is 20.2. The van der Waals surface area contributed by atoms with Crippen molar-refractivity contribution in [1.29, 1.82) is 0 Å². The topological polar surface area (TPSA) is 77.5 Å². The van der Waals surface area contributed by atoms with Gasteiger partial charge in [-0.1, -0.05) is 29.8 Å². The largest absolute Gasteiger partial charge is 0.486 e. The Balaban J connectivity index is 1.33. The monoisotopic (exact) mass is 428 g/mol. The summed E-state index contributed by atoms with van der Waals surface area (Å²) >= 11 is 7.49. The number of carbonyl (C=O) groups is 2. The number of hydrogen-bond acceptors (Lipinski definition) is 6. The van der Waals surface area contributed by atoms with E-state index in [9.17, 15) is 9.59 Å². The van der Waals surface area contributed by atoms with Gasteiger partial charge in [-0.25, -0.2) is 4.98 Å². The first-order chi connectivity index (χ1) is 14.1. The fraction of sp³-hybridized carbons (Fsp3) is 0.190. The van der Waals surface area contributed by atoms with Gasteiger partial charge in [0.15, 0.2) is 22.4 Å². The van der Waals surface area contributed by atoms with E-state index in [1.165, 1.54) is 11.3 Å². The van der Waals surface area contributed by atoms with Gasteiger partial charge in [0.2, 0.25) is 5.91 Å². The molecule has 2 aromatic carbocycles. The first-order valence-electron chi connectivity index (χ1n) is 9.03. The number of hydrogen-bond donors (Lipinski definition) is 1. The van der Waals surface area contributed by atoms with Crippen LogP contribution < -0.4 is 14.8 Å². The van der Waals surface area contributed by atoms with Crippen LogP contribution in [0.1, 0.15) is 23.2 Å². The van der Waals surface area contributed by atoms with E-state index in [1.54, 1.807) is 24.3 Å². The average Bonchev–Trinajstić information content (AvgIpc) is 3.20. The summed E-state index contributed by atoms with van der Waals surface area (Å²) in [6.07, 6.45) is 0.155. The molecule has 0 aliphatic carbocycles. The average molecular weight is 429 g/mol. The van der Waals surface area contributed by atoms with Crippen LogP contribution in [0.25, 0.3) is 11.3 Å². The molecule has 1 N–H and O–H groups in total. The number of ketones is 1. The van der Waals surface area contributed by atoms with E-state index >= 15 is 0 Å². The number of nitrogens with one attached hydrogen (secondary N) is 1. The van der Waals surface area contributed by atoms with Crippen molar-refractivity contribution >= 4 is 39.8 Å². The van der Waals surface area contributed by atoms with Crippen LogP contribution in [-0.4, -0.2) is 29.9 Å². The van der Waals surface area contributed by atoms with Crippen LogP contribution in [0.3, 0.4) is 0 Å². The summed E-state index contributed by atoms with van der Waals surface area (Å²) < 4.78 is 10.9. The third-order valence-electron chi connectivity index (χ3n) is 4.34. The van der Waals surface area contributed by atoms with Crippen LogP contribution in [0.4, 0.5) is 5.13 Å². The van der Waals surface area contributed by atoms with Gasteiger partial charge in [-0.15, -0.1) is 11.3 Å². The van der Waals surface area contributed by atoms with E-state index in [-0.39, 0.29) is 24.5 Å². The van der Waals surface area contributed by atoms with Crippen LogP contribution in [-0.2, 0) is 4.79 Å². The fourth-order valence-electron chi connectivity index (χ4n) is 2.89. The summed E-state index contributed by atoms with van der Waals surface area (Å²) in [5.74, 6) is 0.786. The van der Waals surface area contributed by atoms with Crippen LogP contribution in [0.5, 0.6) is 11.5 Å². The Morgan fingerprint density at radius 2 is 1.86 bits per heavy atom. The summed E-state index contributed by atoms with van der Waals surface area (Å²) in [6, 6.07) is 12.4. The molecule has 0 radical (unpaired) electrons. The summed E-state index contributed by atoms with van der Waals surface area (Å²) in [6.45, 7) is 0.951. The molecule has 6 nitrogen and oxygen atoms in total. The van der Waals surface area contributed by atoms with Gasteiger partial charge in [0.05, 0.1) is 5.69 Å². The van der Waals surface area contributed by atoms with Crippen LogP contribution in [0, 0.1) is 0 Å². The molecule has 4 rings (SSSR count). The van der Waals surface area contributed by atoms with Crippen molar-refractivity contribution in [2.24, 2.45) is 0 Å². The highest BCUT2D eigenvalue weighted by Gasteiger charge is 2.16. The molecule has 0 unspecified atom stereocenters. The molecule has 3 aromatic rings. The van der Waals surface area contributed by atoms with Crippen molar-refractivity contribution in [2.75, 3.05) is 18.5 Å². The SMILES string of the molecule is O=C(CCC(=O)c1ccc2c(c1)OCCO2)Nc1nc(-c2ccccc2Cl)cs1. The minimum absolute atomic E-state index is 0.0638. The molecule has 2 heterocycles. The number of rotatable bonds is 6. The number of Topliss-reactive ketones (excluding diaryl/α,β-unsaturated/α-hetero) is 1. The van der Waals surface area contributed by atoms with Gasteiger partial charge in [0, 0.05) is 34.4 Å². The summed E-state index contributed by atoms with van der Waals surface area (Å²) in [7, 11) is 0. The first-order valence-corrected chi connectivity index (χ1v) is 10.3. The number of carbonyl (C=O) groups excluding carboxylic acids is 2. The second-order valence-electron chi connectivity index (χ2n) is 6.35. The molecule has 0 saturated carbocycles. The molecule has 0 atom stereocenters. The van der Waals surface area contributed by atoms with Gasteiger partial charge in [-0.3, -0.25) is 9.59 Å². The lowest BCUT2D eigenvalue weighted by molar-refractivity contribution is -0.116. The van der Waals surface area contributed by atoms with Gasteiger partial charge in [-0.05, 0) is 24.3 Å². The van der Waals surface area contributed by atoms with Gasteiger partial charge in [0.1, 0.15) is 13.2 Å². The molecule has 0 saturated heterocycles. The fourth-order valence-corrected chi connectivity index (χ4v) is 3.85. The Labute approximate surface area is 176 Å². The lowest BCUT2D eigenvalue weighted by atomic mass is 10.1. The molecule has 0 spiro atoms. The Bertz CT molecular complexity index is 1070. The number of anilines is 1. The zero-order valence-electron chi connectivity index (χ0n) is 15.3. The number of thiazole rings is 1. The molecular weight excluding hydrogens is 412 g/mol. The van der Waals surface area contributed by atoms with Crippen LogP contribution in [0.2, 0.25) is 5.02 Å². The van der Waals surface area contributed by atoms with Crippen molar-refractivity contribution in [3.63, 3.8) is 0 Å². The lowest BCUT2D eigenvalue weighted by Crippen LogP contribution is -2.16. The normalized spacial score (nSPS) is 12.4. The zero-order valence-corrected chi connectivity index (χ0v) is 16.9. The van der Waals surface area contributed by atoms with Crippen molar-refractivity contribution in [1.82, 2.24) is 4.98 Å². The minimum Gasteiger partial charge on any atom is -0.486 e. The highest BCUT2D eigenvalue weighted by atomic mass is 35.5. The maximum absolute atomic E-state index is 12.4. The molecule has 1 aliphatic heterocycles. The Morgan fingerprint density at radius 1 is 1.07 bits per heavy atom. The van der Waals surface area contributed by atoms with Gasteiger partial charge >= 0.3 is 0 Å². The number of nitrogens with zero attached hydrogens (tertiary/aromatic N) is 1. The van der Waals surface area contributed by atoms with Crippen molar-refractivity contribution in [2.45, 2.75) is 12.8 Å². The van der Waals surface area contributed by atoms with Crippen molar-refractivity contribution < 1.29 is 19.1 Å². The van der Waals surface area contributed by atoms with E-state index in [0.29, 0.717) is 46.1 Å². The first kappa shape index (κ1) is 19.4. The van der Waals surface area contributed by atoms with Crippen molar-refractivity contribution in [3.8, 4) is 22.8 Å². The van der Waals surface area contributed by atoms with E-state index in [2.05, 4.69) is 10.3 Å². The molecule has 148 valence electrons. The number of benzene rings is 2. The van der Waals surface area contributed by atoms with Crippen LogP contribution in [0.15, 0.2) is 47.8 Å². The smallest absolute Gasteiger partial charge is 0.226 e. The minimum atomic E-state index is -0.268. The van der Waals surface area contributed by atoms with Crippen LogP contribution >= 0.6 is 22.9 Å². The number of aromatic nitrogens is 1. The predicted molar refractivity (Wildman–Crippen MR) is 112 cm³/mol. The molecule has 0 bridgehead atoms. The molecule has 1 aliphatic rings. The number of halogens is 1. The quantitative estimate of drug-likeness (QED) is 0.568. The predicted octanol–water partition coefficient (Wildman–Crippen LogP) is 4.84. The third-order valence-corrected chi connectivity index (χ3v) is 5.43. The van der Waals surface area contributed by atoms with Crippen molar-refractivity contribution in [3.05, 3.63) is 58.4 Å². The molecule has 0 fully saturated rings. The van der Waals surface area contributed by atoms with Gasteiger partial charge < -0.3 is 14.8 Å². The lowest BCUT2D eigenvalue weighted by Gasteiger charge is -2.18. The molecule has 8 heteroatoms. The third kappa shape index (κ3) is 4.58. The molecule has 29 heavy (non-hydrogen) atoms. The maximum Gasteiger partial charge on any atom is 0.226 e. The second-order valence-corrected chi connectivity index (χ2v) is 7.61. The number of ether oxygens (including phenoxy) is 2. The standard InChI is InChI=1S/C21H17ClN2O4S/c22-15-4-2-1-3-14(15)16-12-29-21(23-16)24-20(26)8-6-17(25)13-5-7-18-19(11-13)28-10-9-27-18/h1-5,7,11-12H,6,8-10H2,(H,23,24,26). The van der Waals surface area contributed by atoms with E-state index in [1.807, 2.05) is 23.6 Å². The number of amides is 1. The second kappa shape index (κ2) is 8.63. The maximum atomic E-state index is 12.4. The summed E-state index contributed by atoms with van der Waals surface area (Å²) in [5, 5.41) is 5.63. The molecular formula is C21H17ClN2O4S. The van der Waals surface area contributed by atoms with Gasteiger partial charge in [0.25, 0.3) is 0 Å². The Morgan fingerprint density at radius 3 is 2.69 bits per heavy atom. The molecule has 1 amide bonds. The van der Waals surface area contributed by atoms with E-state index < -0.39 is 0 Å². The number of fused-ring (bicyclic) bond motifs is 1. The van der Waals surface area contributed by atoms with Gasteiger partial charge in [-0.2, -0.15) is 0 Å². The molecule has 1 aromatic heterocycles.